The molecule has 1 unspecified atom stereocenters. The van der Waals surface area contributed by atoms with Crippen LogP contribution in [-0.4, -0.2) is 15.3 Å². The molecule has 20 heavy (non-hydrogen) atoms. The van der Waals surface area contributed by atoms with Crippen molar-refractivity contribution in [1.82, 2.24) is 9.55 Å². The summed E-state index contributed by atoms with van der Waals surface area (Å²) in [6.45, 7) is 2.67. The Labute approximate surface area is 127 Å². The van der Waals surface area contributed by atoms with Crippen molar-refractivity contribution >= 4 is 23.4 Å². The Hall–Kier alpha value is -1.26. The molecule has 1 aromatic carbocycles. The van der Waals surface area contributed by atoms with E-state index in [0.717, 1.165) is 11.6 Å². The van der Waals surface area contributed by atoms with Gasteiger partial charge in [-0.3, -0.25) is 9.36 Å². The average Bonchev–Trinajstić information content (AvgIpc) is 2.85. The number of thioether (sulfide) groups is 1. The van der Waals surface area contributed by atoms with Crippen molar-refractivity contribution in [2.24, 2.45) is 0 Å². The maximum Gasteiger partial charge on any atom is 0.255 e. The van der Waals surface area contributed by atoms with Crippen molar-refractivity contribution in [3.63, 3.8) is 0 Å². The van der Waals surface area contributed by atoms with Crippen LogP contribution >= 0.6 is 23.4 Å². The van der Waals surface area contributed by atoms with Gasteiger partial charge >= 0.3 is 0 Å². The summed E-state index contributed by atoms with van der Waals surface area (Å²) in [5.74, 6) is 2.14. The molecule has 1 aliphatic rings. The molecule has 104 valence electrons. The van der Waals surface area contributed by atoms with E-state index < -0.39 is 0 Å². The number of rotatable bonds is 3. The number of hydrogen-bond acceptors (Lipinski definition) is 3. The van der Waals surface area contributed by atoms with E-state index in [-0.39, 0.29) is 10.7 Å². The zero-order valence-electron chi connectivity index (χ0n) is 11.2. The molecule has 0 bridgehead atoms. The van der Waals surface area contributed by atoms with Crippen molar-refractivity contribution in [3.8, 4) is 0 Å². The molecule has 0 aliphatic carbocycles. The first-order valence-corrected chi connectivity index (χ1v) is 8.03. The first-order valence-electron chi connectivity index (χ1n) is 6.67. The van der Waals surface area contributed by atoms with E-state index in [0.29, 0.717) is 18.9 Å². The van der Waals surface area contributed by atoms with Gasteiger partial charge in [0, 0.05) is 35.6 Å². The van der Waals surface area contributed by atoms with E-state index in [2.05, 4.69) is 29.2 Å². The fraction of sp³-hybridized carbons (Fsp3) is 0.333. The lowest BCUT2D eigenvalue weighted by atomic mass is 10.0. The molecule has 0 fully saturated rings. The van der Waals surface area contributed by atoms with Crippen LogP contribution in [-0.2, 0) is 13.0 Å². The lowest BCUT2D eigenvalue weighted by Gasteiger charge is -2.16. The van der Waals surface area contributed by atoms with Crippen LogP contribution in [0.5, 0.6) is 0 Å². The van der Waals surface area contributed by atoms with E-state index in [1.165, 1.54) is 16.5 Å². The predicted molar refractivity (Wildman–Crippen MR) is 82.8 cm³/mol. The summed E-state index contributed by atoms with van der Waals surface area (Å²) < 4.78 is 1.76. The number of fused-ring (bicyclic) bond motifs is 1. The van der Waals surface area contributed by atoms with Crippen LogP contribution in [0.3, 0.4) is 0 Å². The van der Waals surface area contributed by atoms with Gasteiger partial charge in [-0.15, -0.1) is 11.8 Å². The summed E-state index contributed by atoms with van der Waals surface area (Å²) >= 11 is 7.73. The van der Waals surface area contributed by atoms with E-state index in [4.69, 9.17) is 11.6 Å². The predicted octanol–water partition coefficient (Wildman–Crippen LogP) is 3.35. The molecule has 1 aliphatic heterocycles. The topological polar surface area (TPSA) is 34.9 Å². The fourth-order valence-electron chi connectivity index (χ4n) is 2.59. The Balaban J connectivity index is 1.95. The molecule has 2 aromatic rings. The minimum Gasteiger partial charge on any atom is -0.296 e. The highest BCUT2D eigenvalue weighted by atomic mass is 35.5. The Bertz CT molecular complexity index is 699. The summed E-state index contributed by atoms with van der Waals surface area (Å²) in [4.78, 5) is 17.7. The lowest BCUT2D eigenvalue weighted by molar-refractivity contribution is 0.552. The Morgan fingerprint density at radius 3 is 3.05 bits per heavy atom. The minimum absolute atomic E-state index is 0.0590. The number of nitrogens with zero attached hydrogens (tertiary/aromatic N) is 2. The van der Waals surface area contributed by atoms with Gasteiger partial charge in [0.1, 0.15) is 11.0 Å². The van der Waals surface area contributed by atoms with E-state index in [1.54, 1.807) is 4.57 Å². The van der Waals surface area contributed by atoms with Gasteiger partial charge in [-0.05, 0) is 11.6 Å². The lowest BCUT2D eigenvalue weighted by Crippen LogP contribution is -2.27. The molecule has 0 amide bonds. The number of halogens is 1. The van der Waals surface area contributed by atoms with Gasteiger partial charge in [-0.25, -0.2) is 4.98 Å². The largest absolute Gasteiger partial charge is 0.296 e. The highest BCUT2D eigenvalue weighted by molar-refractivity contribution is 7.99. The van der Waals surface area contributed by atoms with Gasteiger partial charge in [-0.1, -0.05) is 36.7 Å². The monoisotopic (exact) mass is 306 g/mol. The highest BCUT2D eigenvalue weighted by Gasteiger charge is 2.24. The molecule has 0 radical (unpaired) electrons. The van der Waals surface area contributed by atoms with Crippen LogP contribution in [0, 0.1) is 0 Å². The third-order valence-electron chi connectivity index (χ3n) is 3.57. The van der Waals surface area contributed by atoms with E-state index in [1.807, 2.05) is 18.7 Å². The molecule has 3 rings (SSSR count). The van der Waals surface area contributed by atoms with Crippen LogP contribution in [0.1, 0.15) is 24.2 Å². The molecule has 1 aromatic heterocycles. The summed E-state index contributed by atoms with van der Waals surface area (Å²) in [6, 6.07) is 9.81. The molecule has 0 spiro atoms. The van der Waals surface area contributed by atoms with Crippen molar-refractivity contribution in [2.75, 3.05) is 5.75 Å². The maximum atomic E-state index is 12.2. The summed E-state index contributed by atoms with van der Waals surface area (Å²) in [7, 11) is 0. The molecule has 1 atom stereocenters. The van der Waals surface area contributed by atoms with Crippen molar-refractivity contribution < 1.29 is 0 Å². The van der Waals surface area contributed by atoms with Gasteiger partial charge < -0.3 is 0 Å². The third kappa shape index (κ3) is 2.50. The van der Waals surface area contributed by atoms with Crippen LogP contribution < -0.4 is 5.56 Å². The molecular formula is C15H15ClN2OS. The molecular weight excluding hydrogens is 292 g/mol. The summed E-state index contributed by atoms with van der Waals surface area (Å²) in [5.41, 5.74) is 1.28. The summed E-state index contributed by atoms with van der Waals surface area (Å²) in [6.07, 6.45) is 0.706. The van der Waals surface area contributed by atoms with Gasteiger partial charge in [0.2, 0.25) is 0 Å². The second-order valence-corrected chi connectivity index (χ2v) is 6.29. The second-order valence-electron chi connectivity index (χ2n) is 4.84. The molecule has 0 saturated carbocycles. The molecule has 0 N–H and O–H groups in total. The van der Waals surface area contributed by atoms with E-state index in [9.17, 15) is 4.79 Å². The van der Waals surface area contributed by atoms with Gasteiger partial charge in [0.05, 0.1) is 0 Å². The molecule has 2 heterocycles. The van der Waals surface area contributed by atoms with Crippen LogP contribution in [0.4, 0.5) is 0 Å². The quantitative estimate of drug-likeness (QED) is 0.816. The van der Waals surface area contributed by atoms with E-state index >= 15 is 0 Å². The maximum absolute atomic E-state index is 12.2. The first-order chi connectivity index (χ1) is 9.69. The first kappa shape index (κ1) is 13.7. The number of benzene rings is 1. The van der Waals surface area contributed by atoms with Crippen molar-refractivity contribution in [2.45, 2.75) is 30.7 Å². The Kier molecular flexibility index (Phi) is 3.85. The molecule has 0 saturated heterocycles. The Morgan fingerprint density at radius 2 is 2.25 bits per heavy atom. The number of aromatic nitrogens is 2. The zero-order valence-corrected chi connectivity index (χ0v) is 12.7. The zero-order chi connectivity index (χ0) is 14.1. The minimum atomic E-state index is -0.0590. The van der Waals surface area contributed by atoms with Crippen molar-refractivity contribution in [1.29, 1.82) is 0 Å². The van der Waals surface area contributed by atoms with Crippen LogP contribution in [0.25, 0.3) is 0 Å². The van der Waals surface area contributed by atoms with Crippen LogP contribution in [0.15, 0.2) is 40.0 Å². The van der Waals surface area contributed by atoms with Crippen LogP contribution in [0.2, 0.25) is 5.15 Å². The molecule has 3 nitrogen and oxygen atoms in total. The average molecular weight is 307 g/mol. The van der Waals surface area contributed by atoms with Crippen molar-refractivity contribution in [3.05, 3.63) is 57.2 Å². The molecule has 5 heteroatoms. The van der Waals surface area contributed by atoms with Gasteiger partial charge in [0.25, 0.3) is 5.56 Å². The van der Waals surface area contributed by atoms with Gasteiger partial charge in [-0.2, -0.15) is 0 Å². The summed E-state index contributed by atoms with van der Waals surface area (Å²) in [5, 5.41) is 0.282. The number of hydrogen-bond donors (Lipinski definition) is 0. The standard InChI is InChI=1S/C15H15ClN2OS/c1-2-14-17-13(16)7-15(19)18(14)8-10-9-20-12-6-4-3-5-11(10)12/h3-7,10H,2,8-9H2,1H3. The van der Waals surface area contributed by atoms with Gasteiger partial charge in [0.15, 0.2) is 0 Å². The highest BCUT2D eigenvalue weighted by Crippen LogP contribution is 2.39. The second kappa shape index (κ2) is 5.62. The SMILES string of the molecule is CCc1nc(Cl)cc(=O)n1CC1CSc2ccccc21. The normalized spacial score (nSPS) is 17.2. The fourth-order valence-corrected chi connectivity index (χ4v) is 4.02. The number of aryl methyl sites for hydroxylation is 1. The third-order valence-corrected chi connectivity index (χ3v) is 5.02. The smallest absolute Gasteiger partial charge is 0.255 e. The Morgan fingerprint density at radius 1 is 1.45 bits per heavy atom.